The minimum atomic E-state index is -3.53. The molecule has 1 aliphatic heterocycles. The SMILES string of the molecule is CCOC(=O)CC1CCNC(c2ncc(S(C)(=O)=O)cc2NC(=O)c2cccc(Cl)c2)C1. The average molecular weight is 480 g/mol. The van der Waals surface area contributed by atoms with Crippen LogP contribution in [0.3, 0.4) is 0 Å². The Morgan fingerprint density at radius 1 is 1.31 bits per heavy atom. The van der Waals surface area contributed by atoms with Crippen molar-refractivity contribution in [1.29, 1.82) is 0 Å². The van der Waals surface area contributed by atoms with E-state index in [1.165, 1.54) is 18.3 Å². The fraction of sp³-hybridized carbons (Fsp3) is 0.409. The topological polar surface area (TPSA) is 114 Å². The van der Waals surface area contributed by atoms with Crippen molar-refractivity contribution >= 4 is 39.0 Å². The second-order valence-corrected chi connectivity index (χ2v) is 10.2. The molecule has 3 rings (SSSR count). The van der Waals surface area contributed by atoms with Crippen LogP contribution < -0.4 is 10.6 Å². The third-order valence-electron chi connectivity index (χ3n) is 5.26. The maximum absolute atomic E-state index is 12.8. The molecule has 1 fully saturated rings. The molecule has 8 nitrogen and oxygen atoms in total. The Kier molecular flexibility index (Phi) is 7.86. The van der Waals surface area contributed by atoms with Gasteiger partial charge in [0, 0.05) is 29.5 Å². The van der Waals surface area contributed by atoms with Gasteiger partial charge in [-0.05, 0) is 56.5 Å². The van der Waals surface area contributed by atoms with Crippen molar-refractivity contribution < 1.29 is 22.7 Å². The number of rotatable bonds is 7. The van der Waals surface area contributed by atoms with Crippen molar-refractivity contribution in [1.82, 2.24) is 10.3 Å². The number of ether oxygens (including phenoxy) is 1. The molecule has 2 aromatic rings. The summed E-state index contributed by atoms with van der Waals surface area (Å²) in [5.41, 5.74) is 1.15. The van der Waals surface area contributed by atoms with E-state index in [0.717, 1.165) is 12.7 Å². The van der Waals surface area contributed by atoms with Gasteiger partial charge < -0.3 is 15.4 Å². The van der Waals surface area contributed by atoms with Crippen LogP contribution in [0.25, 0.3) is 0 Å². The van der Waals surface area contributed by atoms with Gasteiger partial charge >= 0.3 is 5.97 Å². The highest BCUT2D eigenvalue weighted by Gasteiger charge is 2.28. The number of piperidine rings is 1. The third kappa shape index (κ3) is 6.27. The molecule has 32 heavy (non-hydrogen) atoms. The molecule has 1 aliphatic rings. The van der Waals surface area contributed by atoms with Crippen LogP contribution in [0.15, 0.2) is 41.4 Å². The van der Waals surface area contributed by atoms with Crippen molar-refractivity contribution in [2.45, 2.75) is 37.1 Å². The molecule has 2 heterocycles. The Bertz CT molecular complexity index is 1110. The summed E-state index contributed by atoms with van der Waals surface area (Å²) in [5, 5.41) is 6.55. The van der Waals surface area contributed by atoms with Crippen LogP contribution >= 0.6 is 11.6 Å². The second kappa shape index (κ2) is 10.4. The molecule has 2 unspecified atom stereocenters. The number of halogens is 1. The van der Waals surface area contributed by atoms with E-state index in [9.17, 15) is 18.0 Å². The summed E-state index contributed by atoms with van der Waals surface area (Å²) in [5.74, 6) is -0.582. The minimum Gasteiger partial charge on any atom is -0.466 e. The minimum absolute atomic E-state index is 0.00141. The van der Waals surface area contributed by atoms with Crippen molar-refractivity contribution in [2.24, 2.45) is 5.92 Å². The molecule has 0 bridgehead atoms. The van der Waals surface area contributed by atoms with Crippen LogP contribution in [-0.2, 0) is 19.4 Å². The highest BCUT2D eigenvalue weighted by molar-refractivity contribution is 7.90. The van der Waals surface area contributed by atoms with E-state index in [-0.39, 0.29) is 22.8 Å². The van der Waals surface area contributed by atoms with Crippen LogP contribution in [0.1, 0.15) is 48.3 Å². The highest BCUT2D eigenvalue weighted by atomic mass is 35.5. The van der Waals surface area contributed by atoms with E-state index in [1.807, 2.05) is 0 Å². The van der Waals surface area contributed by atoms with Crippen LogP contribution in [-0.4, -0.2) is 44.7 Å². The molecule has 0 aliphatic carbocycles. The number of anilines is 1. The summed E-state index contributed by atoms with van der Waals surface area (Å²) in [6.45, 7) is 2.76. The van der Waals surface area contributed by atoms with Crippen LogP contribution in [0, 0.1) is 5.92 Å². The number of esters is 1. The number of nitrogens with one attached hydrogen (secondary N) is 2. The third-order valence-corrected chi connectivity index (χ3v) is 6.57. The molecular weight excluding hydrogens is 454 g/mol. The van der Waals surface area contributed by atoms with Gasteiger partial charge in [-0.1, -0.05) is 17.7 Å². The van der Waals surface area contributed by atoms with Gasteiger partial charge in [0.05, 0.1) is 28.9 Å². The van der Waals surface area contributed by atoms with Crippen molar-refractivity contribution in [3.05, 3.63) is 52.8 Å². The fourth-order valence-electron chi connectivity index (χ4n) is 3.71. The van der Waals surface area contributed by atoms with Crippen LogP contribution in [0.4, 0.5) is 5.69 Å². The smallest absolute Gasteiger partial charge is 0.306 e. The summed E-state index contributed by atoms with van der Waals surface area (Å²) in [4.78, 5) is 29.1. The molecule has 2 atom stereocenters. The molecule has 1 aromatic heterocycles. The van der Waals surface area contributed by atoms with E-state index < -0.39 is 15.7 Å². The predicted molar refractivity (Wildman–Crippen MR) is 121 cm³/mol. The Morgan fingerprint density at radius 2 is 2.09 bits per heavy atom. The summed E-state index contributed by atoms with van der Waals surface area (Å²) in [6, 6.07) is 7.61. The number of sulfone groups is 1. The Labute approximate surface area is 192 Å². The monoisotopic (exact) mass is 479 g/mol. The molecule has 1 saturated heterocycles. The van der Waals surface area contributed by atoms with Crippen molar-refractivity contribution in [2.75, 3.05) is 24.7 Å². The highest BCUT2D eigenvalue weighted by Crippen LogP contribution is 2.33. The van der Waals surface area contributed by atoms with Gasteiger partial charge in [-0.15, -0.1) is 0 Å². The lowest BCUT2D eigenvalue weighted by Crippen LogP contribution is -2.34. The second-order valence-electron chi connectivity index (χ2n) is 7.75. The van der Waals surface area contributed by atoms with Gasteiger partial charge in [-0.2, -0.15) is 0 Å². The largest absolute Gasteiger partial charge is 0.466 e. The fourth-order valence-corrected chi connectivity index (χ4v) is 4.47. The zero-order valence-electron chi connectivity index (χ0n) is 17.9. The number of aromatic nitrogens is 1. The normalized spacial score (nSPS) is 18.7. The molecule has 10 heteroatoms. The number of pyridine rings is 1. The molecule has 1 aromatic carbocycles. The van der Waals surface area contributed by atoms with E-state index in [2.05, 4.69) is 15.6 Å². The first-order valence-corrected chi connectivity index (χ1v) is 12.6. The Hall–Kier alpha value is -2.49. The van der Waals surface area contributed by atoms with Crippen LogP contribution in [0.2, 0.25) is 5.02 Å². The number of hydrogen-bond acceptors (Lipinski definition) is 7. The van der Waals surface area contributed by atoms with Crippen LogP contribution in [0.5, 0.6) is 0 Å². The lowest BCUT2D eigenvalue weighted by Gasteiger charge is -2.30. The molecular formula is C22H26ClN3O5S. The van der Waals surface area contributed by atoms with Gasteiger partial charge in [-0.25, -0.2) is 8.42 Å². The first kappa shape index (κ1) is 24.2. The average Bonchev–Trinajstić information content (AvgIpc) is 2.73. The lowest BCUT2D eigenvalue weighted by molar-refractivity contribution is -0.144. The zero-order chi connectivity index (χ0) is 23.3. The number of carbonyl (C=O) groups is 2. The summed E-state index contributed by atoms with van der Waals surface area (Å²) in [6.07, 6.45) is 4.08. The molecule has 0 saturated carbocycles. The first-order valence-electron chi connectivity index (χ1n) is 10.3. The first-order chi connectivity index (χ1) is 15.2. The number of nitrogens with zero attached hydrogens (tertiary/aromatic N) is 1. The molecule has 0 spiro atoms. The van der Waals surface area contributed by atoms with Gasteiger partial charge in [-0.3, -0.25) is 14.6 Å². The number of hydrogen-bond donors (Lipinski definition) is 2. The predicted octanol–water partition coefficient (Wildman–Crippen LogP) is 3.38. The van der Waals surface area contributed by atoms with E-state index in [0.29, 0.717) is 48.0 Å². The number of carbonyl (C=O) groups excluding carboxylic acids is 2. The standard InChI is InChI=1S/C22H26ClN3O5S/c1-3-31-20(27)10-14-7-8-24-18(9-14)21-19(12-17(13-25-21)32(2,29)30)26-22(28)15-5-4-6-16(23)11-15/h4-6,11-14,18,24H,3,7-10H2,1-2H3,(H,26,28). The van der Waals surface area contributed by atoms with Gasteiger partial charge in [0.25, 0.3) is 5.91 Å². The Balaban J connectivity index is 1.89. The van der Waals surface area contributed by atoms with Gasteiger partial charge in [0.2, 0.25) is 0 Å². The number of benzene rings is 1. The van der Waals surface area contributed by atoms with Gasteiger partial charge in [0.15, 0.2) is 9.84 Å². The van der Waals surface area contributed by atoms with Gasteiger partial charge in [0.1, 0.15) is 0 Å². The van der Waals surface area contributed by atoms with Crippen molar-refractivity contribution in [3.63, 3.8) is 0 Å². The summed E-state index contributed by atoms with van der Waals surface area (Å²) in [7, 11) is -3.53. The summed E-state index contributed by atoms with van der Waals surface area (Å²) >= 11 is 5.99. The lowest BCUT2D eigenvalue weighted by atomic mass is 9.88. The molecule has 0 radical (unpaired) electrons. The zero-order valence-corrected chi connectivity index (χ0v) is 19.5. The molecule has 172 valence electrons. The Morgan fingerprint density at radius 3 is 2.78 bits per heavy atom. The summed E-state index contributed by atoms with van der Waals surface area (Å²) < 4.78 is 29.2. The quantitative estimate of drug-likeness (QED) is 0.585. The van der Waals surface area contributed by atoms with E-state index in [4.69, 9.17) is 16.3 Å². The molecule has 1 amide bonds. The maximum atomic E-state index is 12.8. The van der Waals surface area contributed by atoms with E-state index in [1.54, 1.807) is 25.1 Å². The number of amides is 1. The van der Waals surface area contributed by atoms with E-state index >= 15 is 0 Å². The maximum Gasteiger partial charge on any atom is 0.306 e. The van der Waals surface area contributed by atoms with Crippen molar-refractivity contribution in [3.8, 4) is 0 Å². The molecule has 2 N–H and O–H groups in total.